The molecule has 0 aromatic heterocycles. The van der Waals surface area contributed by atoms with Crippen molar-refractivity contribution in [3.05, 3.63) is 0 Å². The van der Waals surface area contributed by atoms with E-state index in [2.05, 4.69) is 0 Å². The molecule has 0 saturated carbocycles. The van der Waals surface area contributed by atoms with Crippen molar-refractivity contribution < 1.29 is 105 Å². The van der Waals surface area contributed by atoms with E-state index in [1.165, 1.54) is 0 Å². The summed E-state index contributed by atoms with van der Waals surface area (Å²) in [6.07, 6.45) is -34.8. The maximum Gasteiger partial charge on any atom is 0.187 e. The zero-order valence-electron chi connectivity index (χ0n) is 23.5. The van der Waals surface area contributed by atoms with Crippen LogP contribution in [0.3, 0.4) is 0 Å². The molecule has 45 heavy (non-hydrogen) atoms. The van der Waals surface area contributed by atoms with E-state index in [1.807, 2.05) is 0 Å². The molecule has 20 atom stereocenters. The molecule has 14 N–H and O–H groups in total. The molecule has 0 aliphatic carbocycles. The van der Waals surface area contributed by atoms with Crippen molar-refractivity contribution in [2.45, 2.75) is 123 Å². The van der Waals surface area contributed by atoms with Gasteiger partial charge in [-0.05, 0) is 0 Å². The third kappa shape index (κ3) is 7.59. The quantitative estimate of drug-likeness (QED) is 0.103. The molecule has 0 aromatic rings. The monoisotopic (exact) mass is 666 g/mol. The van der Waals surface area contributed by atoms with Crippen LogP contribution in [-0.2, 0) is 33.2 Å². The van der Waals surface area contributed by atoms with Gasteiger partial charge in [-0.25, -0.2) is 0 Å². The Morgan fingerprint density at radius 2 is 0.778 bits per heavy atom. The molecule has 0 radical (unpaired) electrons. The third-order valence-corrected chi connectivity index (χ3v) is 8.18. The number of hydrogen-bond donors (Lipinski definition) is 14. The van der Waals surface area contributed by atoms with Crippen LogP contribution in [0, 0.1) is 0 Å². The Kier molecular flexibility index (Phi) is 12.8. The molecular weight excluding hydrogens is 624 g/mol. The summed E-state index contributed by atoms with van der Waals surface area (Å²) in [5.74, 6) is 0. The number of aliphatic hydroxyl groups is 14. The molecule has 4 rings (SSSR count). The number of ether oxygens (including phenoxy) is 7. The average Bonchev–Trinajstić information content (AvgIpc) is 3.03. The van der Waals surface area contributed by atoms with Crippen LogP contribution < -0.4 is 0 Å². The van der Waals surface area contributed by atoms with E-state index in [0.29, 0.717) is 0 Å². The van der Waals surface area contributed by atoms with Crippen molar-refractivity contribution in [2.24, 2.45) is 0 Å². The minimum absolute atomic E-state index is 0.634. The molecular formula is C24H42O21. The van der Waals surface area contributed by atoms with Crippen molar-refractivity contribution in [1.29, 1.82) is 0 Å². The highest BCUT2D eigenvalue weighted by Crippen LogP contribution is 2.33. The minimum atomic E-state index is -2.00. The Morgan fingerprint density at radius 3 is 1.29 bits per heavy atom. The molecule has 4 aliphatic rings. The molecule has 4 aliphatic heterocycles. The van der Waals surface area contributed by atoms with Crippen molar-refractivity contribution in [2.75, 3.05) is 26.4 Å². The number of hydrogen-bond acceptors (Lipinski definition) is 21. The van der Waals surface area contributed by atoms with E-state index in [0.717, 1.165) is 0 Å². The van der Waals surface area contributed by atoms with Crippen LogP contribution in [0.4, 0.5) is 0 Å². The van der Waals surface area contributed by atoms with Gasteiger partial charge in [0.25, 0.3) is 0 Å². The first kappa shape index (κ1) is 37.0. The molecule has 21 nitrogen and oxygen atoms in total. The number of rotatable bonds is 10. The molecule has 0 unspecified atom stereocenters. The summed E-state index contributed by atoms with van der Waals surface area (Å²) < 4.78 is 37.5. The summed E-state index contributed by atoms with van der Waals surface area (Å²) >= 11 is 0. The van der Waals surface area contributed by atoms with Gasteiger partial charge in [0.2, 0.25) is 0 Å². The first-order valence-corrected chi connectivity index (χ1v) is 14.1. The second kappa shape index (κ2) is 15.6. The van der Waals surface area contributed by atoms with Gasteiger partial charge in [-0.1, -0.05) is 0 Å². The normalized spacial score (nSPS) is 52.9. The largest absolute Gasteiger partial charge is 0.394 e. The van der Waals surface area contributed by atoms with Crippen LogP contribution in [0.15, 0.2) is 0 Å². The topological polar surface area (TPSA) is 348 Å². The van der Waals surface area contributed by atoms with Crippen molar-refractivity contribution >= 4 is 0 Å². The highest BCUT2D eigenvalue weighted by Gasteiger charge is 2.54. The first-order chi connectivity index (χ1) is 21.2. The number of aliphatic hydroxyl groups excluding tert-OH is 14. The summed E-state index contributed by atoms with van der Waals surface area (Å²) in [7, 11) is 0. The lowest BCUT2D eigenvalue weighted by Crippen LogP contribution is -2.66. The van der Waals surface area contributed by atoms with Crippen molar-refractivity contribution in [1.82, 2.24) is 0 Å². The van der Waals surface area contributed by atoms with Crippen LogP contribution in [0.2, 0.25) is 0 Å². The van der Waals surface area contributed by atoms with Crippen LogP contribution in [0.1, 0.15) is 0 Å². The Bertz CT molecular complexity index is 912. The maximum absolute atomic E-state index is 10.8. The van der Waals surface area contributed by atoms with E-state index >= 15 is 0 Å². The Labute approximate surface area is 254 Å². The minimum Gasteiger partial charge on any atom is -0.394 e. The van der Waals surface area contributed by atoms with Gasteiger partial charge < -0.3 is 105 Å². The molecule has 0 spiro atoms. The van der Waals surface area contributed by atoms with Crippen molar-refractivity contribution in [3.8, 4) is 0 Å². The highest BCUT2D eigenvalue weighted by molar-refractivity contribution is 4.97. The van der Waals surface area contributed by atoms with Gasteiger partial charge in [-0.15, -0.1) is 0 Å². The van der Waals surface area contributed by atoms with Crippen LogP contribution >= 0.6 is 0 Å². The van der Waals surface area contributed by atoms with Crippen molar-refractivity contribution in [3.63, 3.8) is 0 Å². The summed E-state index contributed by atoms with van der Waals surface area (Å²) in [5.41, 5.74) is 0. The van der Waals surface area contributed by atoms with Gasteiger partial charge in [0.15, 0.2) is 25.2 Å². The predicted octanol–water partition coefficient (Wildman–Crippen LogP) is -9.75. The summed E-state index contributed by atoms with van der Waals surface area (Å²) in [6, 6.07) is 0. The van der Waals surface area contributed by atoms with E-state index in [-0.39, 0.29) is 0 Å². The molecule has 0 amide bonds. The fourth-order valence-electron chi connectivity index (χ4n) is 5.44. The molecule has 21 heteroatoms. The Hall–Kier alpha value is -0.840. The van der Waals surface area contributed by atoms with E-state index in [1.54, 1.807) is 0 Å². The van der Waals surface area contributed by atoms with Gasteiger partial charge in [-0.2, -0.15) is 0 Å². The van der Waals surface area contributed by atoms with Crippen LogP contribution in [-0.4, -0.2) is 221 Å². The van der Waals surface area contributed by atoms with E-state index < -0.39 is 149 Å². The maximum atomic E-state index is 10.8. The van der Waals surface area contributed by atoms with Gasteiger partial charge >= 0.3 is 0 Å². The molecule has 264 valence electrons. The summed E-state index contributed by atoms with van der Waals surface area (Å²) in [6.45, 7) is -3.16. The van der Waals surface area contributed by atoms with Crippen LogP contribution in [0.25, 0.3) is 0 Å². The predicted molar refractivity (Wildman–Crippen MR) is 134 cm³/mol. The lowest BCUT2D eigenvalue weighted by atomic mass is 9.96. The van der Waals surface area contributed by atoms with Gasteiger partial charge in [0, 0.05) is 0 Å². The lowest BCUT2D eigenvalue weighted by molar-refractivity contribution is -0.381. The molecule has 0 aromatic carbocycles. The lowest BCUT2D eigenvalue weighted by Gasteiger charge is -2.48. The highest BCUT2D eigenvalue weighted by atomic mass is 16.8. The SMILES string of the molecule is OC[C@H]1O[C@@H](O[C@H]2[C@H](O)[C@@H](O)[C@H](O[C@H]3[C@H](O)[C@@H](O)[C@H](OC[C@H]4O[C@H](O)[C@H](O)[C@@H](O)[C@@H]4O)O[C@@H]3CO)O[C@@H]2CO)[C@H](O)[C@@H](O)[C@@H]1O. The van der Waals surface area contributed by atoms with Gasteiger partial charge in [0.05, 0.1) is 26.4 Å². The zero-order valence-corrected chi connectivity index (χ0v) is 23.5. The fourth-order valence-corrected chi connectivity index (χ4v) is 5.44. The fraction of sp³-hybridized carbons (Fsp3) is 1.00. The Balaban J connectivity index is 1.38. The standard InChI is InChI=1S/C24H42O21/c25-1-5-9(28)12(31)16(35)23(41-5)44-20-7(3-27)43-24(18(37)14(20)33)45-19-6(2-26)42-22(17(36)13(19)32)39-4-8-10(29)11(30)15(34)21(38)40-8/h5-38H,1-4H2/t5-,6-,7-,8-,9-,10-,11+,12+,13-,14-,15-,16-,17-,18-,19-,20-,21+,22-,23+,24+/m1/s1. The van der Waals surface area contributed by atoms with Crippen LogP contribution in [0.5, 0.6) is 0 Å². The van der Waals surface area contributed by atoms with E-state index in [4.69, 9.17) is 33.2 Å². The third-order valence-electron chi connectivity index (χ3n) is 8.18. The molecule has 4 fully saturated rings. The summed E-state index contributed by atoms with van der Waals surface area (Å²) in [5, 5.41) is 142. The molecule has 0 bridgehead atoms. The molecule has 4 saturated heterocycles. The Morgan fingerprint density at radius 1 is 0.378 bits per heavy atom. The second-order valence-electron chi connectivity index (χ2n) is 11.2. The summed E-state index contributed by atoms with van der Waals surface area (Å²) in [4.78, 5) is 0. The average molecular weight is 667 g/mol. The molecule has 4 heterocycles. The van der Waals surface area contributed by atoms with Gasteiger partial charge in [-0.3, -0.25) is 0 Å². The second-order valence-corrected chi connectivity index (χ2v) is 11.2. The van der Waals surface area contributed by atoms with Gasteiger partial charge in [0.1, 0.15) is 97.7 Å². The zero-order chi connectivity index (χ0) is 33.3. The first-order valence-electron chi connectivity index (χ1n) is 14.1. The smallest absolute Gasteiger partial charge is 0.187 e. The van der Waals surface area contributed by atoms with E-state index in [9.17, 15) is 71.5 Å².